The van der Waals surface area contributed by atoms with Crippen LogP contribution in [0.4, 0.5) is 11.4 Å². The summed E-state index contributed by atoms with van der Waals surface area (Å²) in [6.07, 6.45) is 3.91. The molecular weight excluding hydrogens is 474 g/mol. The zero-order valence-corrected chi connectivity index (χ0v) is 22.0. The zero-order valence-electron chi connectivity index (χ0n) is 20.4. The van der Waals surface area contributed by atoms with Gasteiger partial charge in [-0.1, -0.05) is 35.6 Å². The van der Waals surface area contributed by atoms with Crippen LogP contribution >= 0.6 is 23.1 Å². The smallest absolute Gasteiger partial charge is 0.308 e. The van der Waals surface area contributed by atoms with E-state index >= 15 is 0 Å². The molecule has 1 aliphatic heterocycles. The molecule has 2 heterocycles. The number of aryl methyl sites for hydroxylation is 1. The van der Waals surface area contributed by atoms with E-state index in [0.29, 0.717) is 11.2 Å². The van der Waals surface area contributed by atoms with Crippen molar-refractivity contribution in [2.75, 3.05) is 24.3 Å². The summed E-state index contributed by atoms with van der Waals surface area (Å²) in [7, 11) is 4.12. The van der Waals surface area contributed by atoms with Crippen LogP contribution in [0.1, 0.15) is 41.2 Å². The van der Waals surface area contributed by atoms with E-state index in [9.17, 15) is 9.59 Å². The van der Waals surface area contributed by atoms with E-state index in [2.05, 4.69) is 48.6 Å². The Labute approximate surface area is 214 Å². The minimum Gasteiger partial charge on any atom is -0.378 e. The van der Waals surface area contributed by atoms with Crippen molar-refractivity contribution < 1.29 is 4.79 Å². The Kier molecular flexibility index (Phi) is 5.80. The number of thiazole rings is 1. The topological polar surface area (TPSA) is 54.3 Å². The van der Waals surface area contributed by atoms with E-state index in [1.54, 1.807) is 4.57 Å². The Bertz CT molecular complexity index is 1330. The minimum absolute atomic E-state index is 0.0240. The molecule has 3 aliphatic rings. The lowest BCUT2D eigenvalue weighted by Gasteiger charge is -2.40. The van der Waals surface area contributed by atoms with Crippen LogP contribution in [0.5, 0.6) is 0 Å². The van der Waals surface area contributed by atoms with Gasteiger partial charge in [0.1, 0.15) is 6.54 Å². The molecule has 2 fully saturated rings. The van der Waals surface area contributed by atoms with Crippen molar-refractivity contribution in [2.24, 2.45) is 17.8 Å². The summed E-state index contributed by atoms with van der Waals surface area (Å²) in [4.78, 5) is 29.5. The summed E-state index contributed by atoms with van der Waals surface area (Å²) >= 11 is 3.23. The number of nitrogens with zero attached hydrogens (tertiary/aromatic N) is 2. The molecule has 0 saturated heterocycles. The van der Waals surface area contributed by atoms with E-state index in [1.807, 2.05) is 43.0 Å². The van der Waals surface area contributed by atoms with Crippen molar-refractivity contribution in [2.45, 2.75) is 48.9 Å². The van der Waals surface area contributed by atoms with Crippen molar-refractivity contribution in [3.05, 3.63) is 74.2 Å². The van der Waals surface area contributed by atoms with E-state index in [1.165, 1.54) is 41.9 Å². The third-order valence-electron chi connectivity index (χ3n) is 8.06. The summed E-state index contributed by atoms with van der Waals surface area (Å²) in [5, 5.41) is 4.53. The minimum atomic E-state index is -0.152. The highest BCUT2D eigenvalue weighted by atomic mass is 32.2. The molecule has 1 N–H and O–H groups in total. The molecule has 3 aromatic rings. The maximum absolute atomic E-state index is 13.2. The first-order chi connectivity index (χ1) is 16.9. The number of fused-ring (bicyclic) bond motifs is 6. The van der Waals surface area contributed by atoms with E-state index < -0.39 is 0 Å². The third-order valence-corrected chi connectivity index (χ3v) is 10.9. The van der Waals surface area contributed by atoms with Gasteiger partial charge in [-0.3, -0.25) is 14.2 Å². The Morgan fingerprint density at radius 3 is 2.63 bits per heavy atom. The summed E-state index contributed by atoms with van der Waals surface area (Å²) in [6, 6.07) is 16.7. The summed E-state index contributed by atoms with van der Waals surface area (Å²) in [5.74, 6) is 2.11. The maximum Gasteiger partial charge on any atom is 0.308 e. The number of carbonyl (C=O) groups excluding carboxylic acids is 1. The summed E-state index contributed by atoms with van der Waals surface area (Å²) < 4.78 is 1.74. The van der Waals surface area contributed by atoms with Gasteiger partial charge in [0.15, 0.2) is 0 Å². The number of benzene rings is 2. The van der Waals surface area contributed by atoms with E-state index in [4.69, 9.17) is 0 Å². The molecule has 2 aromatic carbocycles. The molecule has 182 valence electrons. The second-order valence-electron chi connectivity index (χ2n) is 10.5. The number of anilines is 2. The average Bonchev–Trinajstić information content (AvgIpc) is 3.52. The first-order valence-electron chi connectivity index (χ1n) is 12.4. The van der Waals surface area contributed by atoms with Crippen LogP contribution in [0.15, 0.2) is 58.4 Å². The largest absolute Gasteiger partial charge is 0.378 e. The number of amides is 1. The second-order valence-corrected chi connectivity index (χ2v) is 12.7. The maximum atomic E-state index is 13.2. The molecule has 1 amide bonds. The fourth-order valence-corrected chi connectivity index (χ4v) is 9.66. The number of thioether (sulfide) groups is 1. The van der Waals surface area contributed by atoms with Gasteiger partial charge in [-0.15, -0.1) is 11.8 Å². The monoisotopic (exact) mass is 505 g/mol. The van der Waals surface area contributed by atoms with Crippen molar-refractivity contribution >= 4 is 40.4 Å². The highest BCUT2D eigenvalue weighted by molar-refractivity contribution is 8.00. The molecule has 2 saturated carbocycles. The van der Waals surface area contributed by atoms with Crippen molar-refractivity contribution in [3.63, 3.8) is 0 Å². The van der Waals surface area contributed by atoms with Crippen LogP contribution in [0.2, 0.25) is 0 Å². The lowest BCUT2D eigenvalue weighted by atomic mass is 9.75. The number of hydrogen-bond acceptors (Lipinski definition) is 5. The molecule has 35 heavy (non-hydrogen) atoms. The molecule has 5 nitrogen and oxygen atoms in total. The average molecular weight is 506 g/mol. The van der Waals surface area contributed by atoms with Gasteiger partial charge >= 0.3 is 4.87 Å². The van der Waals surface area contributed by atoms with Crippen LogP contribution < -0.4 is 15.1 Å². The molecule has 6 rings (SSSR count). The van der Waals surface area contributed by atoms with Gasteiger partial charge in [0.25, 0.3) is 0 Å². The van der Waals surface area contributed by atoms with Gasteiger partial charge in [-0.2, -0.15) is 0 Å². The van der Waals surface area contributed by atoms with Gasteiger partial charge < -0.3 is 10.2 Å². The summed E-state index contributed by atoms with van der Waals surface area (Å²) in [6.45, 7) is 2.06. The number of nitrogens with one attached hydrogen (secondary N) is 1. The normalized spacial score (nSPS) is 26.3. The highest BCUT2D eigenvalue weighted by Gasteiger charge is 2.55. The number of rotatable bonds is 5. The van der Waals surface area contributed by atoms with Gasteiger partial charge in [-0.25, -0.2) is 0 Å². The highest BCUT2D eigenvalue weighted by Crippen LogP contribution is 2.64. The van der Waals surface area contributed by atoms with Crippen molar-refractivity contribution in [1.29, 1.82) is 0 Å². The van der Waals surface area contributed by atoms with Gasteiger partial charge in [-0.05, 0) is 79.3 Å². The zero-order chi connectivity index (χ0) is 24.3. The number of aromatic nitrogens is 1. The standard InChI is InChI=1S/C28H31N3O2S2/c1-16-5-4-6-20(13-16)29-22(32)15-31-27-26(35-28(31)33)23(17-9-11-21(12-10-17)30(2)3)24-18-7-8-19(14-18)25(24)34-27/h4-6,9-13,18-19,23-25H,7-8,14-15H2,1-3H3,(H,29,32)/t18?,19?,23-,24?,25?/m1/s1. The predicted octanol–water partition coefficient (Wildman–Crippen LogP) is 5.58. The number of hydrogen-bond donors (Lipinski definition) is 1. The van der Waals surface area contributed by atoms with Crippen LogP contribution in [0.3, 0.4) is 0 Å². The lowest BCUT2D eigenvalue weighted by Crippen LogP contribution is -2.34. The lowest BCUT2D eigenvalue weighted by molar-refractivity contribution is -0.116. The van der Waals surface area contributed by atoms with Crippen LogP contribution in [0, 0.1) is 24.7 Å². The molecule has 0 radical (unpaired) electrons. The first kappa shape index (κ1) is 22.9. The second kappa shape index (κ2) is 8.86. The number of carbonyl (C=O) groups is 1. The molecule has 0 spiro atoms. The Morgan fingerprint density at radius 1 is 1.11 bits per heavy atom. The molecule has 2 aliphatic carbocycles. The molecule has 4 unspecified atom stereocenters. The molecule has 1 aromatic heterocycles. The first-order valence-corrected chi connectivity index (χ1v) is 14.1. The van der Waals surface area contributed by atoms with Crippen molar-refractivity contribution in [1.82, 2.24) is 4.57 Å². The Morgan fingerprint density at radius 2 is 1.89 bits per heavy atom. The Hall–Kier alpha value is -2.51. The fourth-order valence-electron chi connectivity index (χ4n) is 6.51. The quantitative estimate of drug-likeness (QED) is 0.492. The molecular formula is C28H31N3O2S2. The van der Waals surface area contributed by atoms with Crippen LogP contribution in [-0.4, -0.2) is 29.8 Å². The third kappa shape index (κ3) is 4.02. The van der Waals surface area contributed by atoms with Crippen molar-refractivity contribution in [3.8, 4) is 0 Å². The Balaban J connectivity index is 1.36. The fraction of sp³-hybridized carbons (Fsp3) is 0.429. The SMILES string of the molecule is Cc1cccc(NC(=O)Cn2c3c(sc2=O)[C@H](c2ccc(N(C)C)cc2)C2C4CCC(C4)C2S3)c1. The molecule has 2 bridgehead atoms. The van der Waals surface area contributed by atoms with Crippen LogP contribution in [0.25, 0.3) is 0 Å². The molecule has 7 heteroatoms. The summed E-state index contributed by atoms with van der Waals surface area (Å²) in [5.41, 5.74) is 4.35. The van der Waals surface area contributed by atoms with Gasteiger partial charge in [0, 0.05) is 41.5 Å². The molecule has 5 atom stereocenters. The van der Waals surface area contributed by atoms with Crippen LogP contribution in [-0.2, 0) is 11.3 Å². The van der Waals surface area contributed by atoms with Gasteiger partial charge in [0.2, 0.25) is 5.91 Å². The van der Waals surface area contributed by atoms with E-state index in [-0.39, 0.29) is 23.2 Å². The van der Waals surface area contributed by atoms with Gasteiger partial charge in [0.05, 0.1) is 5.03 Å². The predicted molar refractivity (Wildman–Crippen MR) is 145 cm³/mol. The van der Waals surface area contributed by atoms with E-state index in [0.717, 1.165) is 33.0 Å².